The molecule has 15 heavy (non-hydrogen) atoms. The molecule has 0 unspecified atom stereocenters. The molecule has 5 heteroatoms. The first kappa shape index (κ1) is 10.4. The number of imidazole rings is 1. The molecule has 0 spiro atoms. The highest BCUT2D eigenvalue weighted by Crippen LogP contribution is 2.20. The Labute approximate surface area is 96.3 Å². The summed E-state index contributed by atoms with van der Waals surface area (Å²) in [5.41, 5.74) is 1.20. The average molecular weight is 243 g/mol. The van der Waals surface area contributed by atoms with Crippen LogP contribution in [0, 0.1) is 17.5 Å². The van der Waals surface area contributed by atoms with E-state index in [1.165, 1.54) is 12.1 Å². The van der Waals surface area contributed by atoms with Crippen LogP contribution in [-0.2, 0) is 0 Å². The molecule has 0 saturated carbocycles. The van der Waals surface area contributed by atoms with Gasteiger partial charge in [-0.25, -0.2) is 4.39 Å². The number of H-pyrrole nitrogens is 1. The maximum Gasteiger partial charge on any atom is 0.182 e. The van der Waals surface area contributed by atoms with Gasteiger partial charge < -0.3 is 4.98 Å². The third-order valence-corrected chi connectivity index (χ3v) is 2.64. The minimum atomic E-state index is -0.349. The van der Waals surface area contributed by atoms with E-state index in [2.05, 4.69) is 4.98 Å². The molecular weight excluding hydrogens is 235 g/mol. The Kier molecular flexibility index (Phi) is 2.63. The number of rotatable bonds is 1. The minimum Gasteiger partial charge on any atom is -0.337 e. The van der Waals surface area contributed by atoms with Gasteiger partial charge in [0.1, 0.15) is 5.82 Å². The summed E-state index contributed by atoms with van der Waals surface area (Å²) >= 11 is 10.9. The normalized spacial score (nSPS) is 10.6. The number of hydrogen-bond acceptors (Lipinski definition) is 1. The second-order valence-electron chi connectivity index (χ2n) is 3.17. The highest BCUT2D eigenvalue weighted by molar-refractivity contribution is 7.71. The number of halogens is 2. The molecule has 0 saturated heterocycles. The summed E-state index contributed by atoms with van der Waals surface area (Å²) in [7, 11) is 0. The Morgan fingerprint density at radius 3 is 2.80 bits per heavy atom. The van der Waals surface area contributed by atoms with Crippen molar-refractivity contribution in [3.63, 3.8) is 0 Å². The van der Waals surface area contributed by atoms with Gasteiger partial charge in [0.05, 0.1) is 5.69 Å². The maximum atomic E-state index is 13.6. The highest BCUT2D eigenvalue weighted by atomic mass is 35.5. The number of hydrogen-bond donors (Lipinski definition) is 1. The fourth-order valence-corrected chi connectivity index (χ4v) is 1.88. The SMILES string of the molecule is Cc1c[nH]c(=S)n1-c1cc(Cl)ccc1F. The summed E-state index contributed by atoms with van der Waals surface area (Å²) in [5, 5.41) is 0.480. The molecule has 1 heterocycles. The number of nitrogens with one attached hydrogen (secondary N) is 1. The van der Waals surface area contributed by atoms with Gasteiger partial charge in [-0.3, -0.25) is 4.57 Å². The summed E-state index contributed by atoms with van der Waals surface area (Å²) < 4.78 is 15.6. The number of benzene rings is 1. The van der Waals surface area contributed by atoms with Crippen LogP contribution in [0.2, 0.25) is 5.02 Å². The van der Waals surface area contributed by atoms with E-state index < -0.39 is 0 Å². The molecule has 0 atom stereocenters. The molecule has 0 fully saturated rings. The molecule has 1 N–H and O–H groups in total. The molecule has 0 bridgehead atoms. The van der Waals surface area contributed by atoms with Crippen molar-refractivity contribution in [3.8, 4) is 5.69 Å². The fraction of sp³-hybridized carbons (Fsp3) is 0.100. The van der Waals surface area contributed by atoms with Gasteiger partial charge in [0.2, 0.25) is 0 Å². The Hall–Kier alpha value is -1.13. The van der Waals surface area contributed by atoms with Crippen LogP contribution >= 0.6 is 23.8 Å². The van der Waals surface area contributed by atoms with Crippen molar-refractivity contribution in [2.75, 3.05) is 0 Å². The summed E-state index contributed by atoms with van der Waals surface area (Å²) in [6.45, 7) is 1.84. The van der Waals surface area contributed by atoms with E-state index in [1.54, 1.807) is 16.8 Å². The van der Waals surface area contributed by atoms with Gasteiger partial charge in [-0.15, -0.1) is 0 Å². The Morgan fingerprint density at radius 1 is 1.47 bits per heavy atom. The summed E-state index contributed by atoms with van der Waals surface area (Å²) in [4.78, 5) is 2.85. The molecule has 1 aromatic heterocycles. The number of aryl methyl sites for hydroxylation is 1. The molecule has 2 rings (SSSR count). The van der Waals surface area contributed by atoms with Gasteiger partial charge in [-0.05, 0) is 37.3 Å². The predicted molar refractivity (Wildman–Crippen MR) is 60.7 cm³/mol. The standard InChI is InChI=1S/C10H8ClFN2S/c1-6-5-13-10(15)14(6)9-4-7(11)2-3-8(9)12/h2-5H,1H3,(H,13,15). The molecule has 2 aromatic rings. The average Bonchev–Trinajstić information content (AvgIpc) is 2.51. The van der Waals surface area contributed by atoms with Crippen LogP contribution in [0.15, 0.2) is 24.4 Å². The second kappa shape index (κ2) is 3.79. The lowest BCUT2D eigenvalue weighted by atomic mass is 10.3. The topological polar surface area (TPSA) is 20.7 Å². The lowest BCUT2D eigenvalue weighted by Gasteiger charge is -2.06. The molecular formula is C10H8ClFN2S. The third-order valence-electron chi connectivity index (χ3n) is 2.11. The lowest BCUT2D eigenvalue weighted by Crippen LogP contribution is -1.99. The van der Waals surface area contributed by atoms with Crippen molar-refractivity contribution >= 4 is 23.8 Å². The third kappa shape index (κ3) is 1.82. The van der Waals surface area contributed by atoms with Crippen molar-refractivity contribution in [2.45, 2.75) is 6.92 Å². The number of aromatic amines is 1. The zero-order valence-corrected chi connectivity index (χ0v) is 9.49. The van der Waals surface area contributed by atoms with Crippen molar-refractivity contribution < 1.29 is 4.39 Å². The molecule has 2 nitrogen and oxygen atoms in total. The van der Waals surface area contributed by atoms with Gasteiger partial charge in [0.15, 0.2) is 4.77 Å². The van der Waals surface area contributed by atoms with Gasteiger partial charge in [0, 0.05) is 16.9 Å². The Balaban J connectivity index is 2.74. The first-order valence-electron chi connectivity index (χ1n) is 4.32. The van der Waals surface area contributed by atoms with E-state index in [0.29, 0.717) is 15.5 Å². The predicted octanol–water partition coefficient (Wildman–Crippen LogP) is 3.64. The first-order chi connectivity index (χ1) is 7.09. The van der Waals surface area contributed by atoms with E-state index in [-0.39, 0.29) is 5.82 Å². The van der Waals surface area contributed by atoms with E-state index >= 15 is 0 Å². The van der Waals surface area contributed by atoms with Gasteiger partial charge in [0.25, 0.3) is 0 Å². The monoisotopic (exact) mass is 242 g/mol. The number of aromatic nitrogens is 2. The van der Waals surface area contributed by atoms with Crippen LogP contribution in [0.3, 0.4) is 0 Å². The Bertz CT molecular complexity index is 559. The van der Waals surface area contributed by atoms with Crippen molar-refractivity contribution in [1.82, 2.24) is 9.55 Å². The summed E-state index contributed by atoms with van der Waals surface area (Å²) in [5.74, 6) is -0.349. The summed E-state index contributed by atoms with van der Waals surface area (Å²) in [6, 6.07) is 4.38. The van der Waals surface area contributed by atoms with Crippen LogP contribution in [0.4, 0.5) is 4.39 Å². The van der Waals surface area contributed by atoms with Crippen molar-refractivity contribution in [2.24, 2.45) is 0 Å². The van der Waals surface area contributed by atoms with Crippen LogP contribution in [0.5, 0.6) is 0 Å². The maximum absolute atomic E-state index is 13.6. The number of nitrogens with zero attached hydrogens (tertiary/aromatic N) is 1. The summed E-state index contributed by atoms with van der Waals surface area (Å²) in [6.07, 6.45) is 1.72. The van der Waals surface area contributed by atoms with Gasteiger partial charge in [-0.2, -0.15) is 0 Å². The lowest BCUT2D eigenvalue weighted by molar-refractivity contribution is 0.616. The fourth-order valence-electron chi connectivity index (χ4n) is 1.41. The molecule has 0 amide bonds. The molecule has 1 aromatic carbocycles. The highest BCUT2D eigenvalue weighted by Gasteiger charge is 2.08. The van der Waals surface area contributed by atoms with Gasteiger partial charge >= 0.3 is 0 Å². The van der Waals surface area contributed by atoms with Crippen LogP contribution in [-0.4, -0.2) is 9.55 Å². The van der Waals surface area contributed by atoms with Gasteiger partial charge in [-0.1, -0.05) is 11.6 Å². The molecule has 0 radical (unpaired) electrons. The van der Waals surface area contributed by atoms with Crippen LogP contribution in [0.1, 0.15) is 5.69 Å². The molecule has 0 aliphatic rings. The second-order valence-corrected chi connectivity index (χ2v) is 3.99. The quantitative estimate of drug-likeness (QED) is 0.758. The zero-order chi connectivity index (χ0) is 11.0. The largest absolute Gasteiger partial charge is 0.337 e. The van der Waals surface area contributed by atoms with Crippen LogP contribution < -0.4 is 0 Å². The van der Waals surface area contributed by atoms with E-state index in [1.807, 2.05) is 6.92 Å². The molecule has 78 valence electrons. The van der Waals surface area contributed by atoms with Crippen LogP contribution in [0.25, 0.3) is 5.69 Å². The Morgan fingerprint density at radius 2 is 2.20 bits per heavy atom. The van der Waals surface area contributed by atoms with E-state index in [4.69, 9.17) is 23.8 Å². The zero-order valence-electron chi connectivity index (χ0n) is 7.92. The van der Waals surface area contributed by atoms with Crippen molar-refractivity contribution in [3.05, 3.63) is 45.7 Å². The molecule has 0 aliphatic carbocycles. The first-order valence-corrected chi connectivity index (χ1v) is 5.10. The minimum absolute atomic E-state index is 0.349. The smallest absolute Gasteiger partial charge is 0.182 e. The molecule has 0 aliphatic heterocycles. The van der Waals surface area contributed by atoms with E-state index in [0.717, 1.165) is 5.69 Å². The van der Waals surface area contributed by atoms with Crippen molar-refractivity contribution in [1.29, 1.82) is 0 Å². The van der Waals surface area contributed by atoms with E-state index in [9.17, 15) is 4.39 Å².